The molecule has 33 heavy (non-hydrogen) atoms. The summed E-state index contributed by atoms with van der Waals surface area (Å²) in [4.78, 5) is 36.4. The zero-order valence-corrected chi connectivity index (χ0v) is 19.7. The fourth-order valence-corrected chi connectivity index (χ4v) is 4.57. The van der Waals surface area contributed by atoms with E-state index in [1.54, 1.807) is 11.8 Å². The van der Waals surface area contributed by atoms with Crippen molar-refractivity contribution < 1.29 is 24.2 Å². The summed E-state index contributed by atoms with van der Waals surface area (Å²) in [6.07, 6.45) is 1.99. The van der Waals surface area contributed by atoms with Gasteiger partial charge < -0.3 is 20.5 Å². The average Bonchev–Trinajstić information content (AvgIpc) is 3.13. The predicted octanol–water partition coefficient (Wildman–Crippen LogP) is 4.02. The molecule has 2 aromatic rings. The minimum absolute atomic E-state index is 0.0679. The van der Waals surface area contributed by atoms with E-state index in [0.29, 0.717) is 18.6 Å². The Morgan fingerprint density at radius 3 is 2.18 bits per heavy atom. The molecular formula is C25H30N2O5S. The zero-order chi connectivity index (χ0) is 23.8. The minimum Gasteiger partial charge on any atom is -0.481 e. The Morgan fingerprint density at radius 2 is 1.64 bits per heavy atom. The highest BCUT2D eigenvalue weighted by Crippen LogP contribution is 2.44. The molecule has 0 bridgehead atoms. The number of carbonyl (C=O) groups is 3. The number of nitrogens with one attached hydrogen (secondary N) is 2. The maximum absolute atomic E-state index is 12.7. The lowest BCUT2D eigenvalue weighted by atomic mass is 9.98. The number of thioether (sulfide) groups is 1. The van der Waals surface area contributed by atoms with Crippen molar-refractivity contribution >= 4 is 29.7 Å². The molecule has 176 valence electrons. The first-order valence-corrected chi connectivity index (χ1v) is 12.5. The zero-order valence-electron chi connectivity index (χ0n) is 18.9. The van der Waals surface area contributed by atoms with Crippen LogP contribution in [0.2, 0.25) is 0 Å². The molecule has 3 rings (SSSR count). The lowest BCUT2D eigenvalue weighted by Gasteiger charge is -2.22. The van der Waals surface area contributed by atoms with Crippen LogP contribution in [0.4, 0.5) is 4.79 Å². The number of carbonyl (C=O) groups excluding carboxylic acids is 2. The van der Waals surface area contributed by atoms with Crippen LogP contribution in [-0.2, 0) is 14.3 Å². The Morgan fingerprint density at radius 1 is 1.03 bits per heavy atom. The molecule has 3 N–H and O–H groups in total. The SMILES string of the molecule is CC[C@H](CC(=O)O)NC(=O)[C@H](CCSC)NC(=O)OCC1c2ccccc2-c2ccccc21. The molecule has 0 heterocycles. The molecule has 2 atom stereocenters. The monoisotopic (exact) mass is 470 g/mol. The number of fused-ring (bicyclic) bond motifs is 3. The third-order valence-corrected chi connectivity index (χ3v) is 6.47. The number of alkyl carbamates (subject to hydrolysis) is 1. The predicted molar refractivity (Wildman–Crippen MR) is 129 cm³/mol. The Balaban J connectivity index is 1.64. The molecule has 0 unspecified atom stereocenters. The average molecular weight is 471 g/mol. The van der Waals surface area contributed by atoms with E-state index in [4.69, 9.17) is 9.84 Å². The van der Waals surface area contributed by atoms with Crippen LogP contribution in [0.25, 0.3) is 11.1 Å². The molecule has 0 saturated heterocycles. The van der Waals surface area contributed by atoms with E-state index in [0.717, 1.165) is 22.3 Å². The van der Waals surface area contributed by atoms with Crippen LogP contribution in [-0.4, -0.2) is 53.8 Å². The Bertz CT molecular complexity index is 951. The molecule has 0 aliphatic heterocycles. The van der Waals surface area contributed by atoms with Crippen LogP contribution in [0.3, 0.4) is 0 Å². The van der Waals surface area contributed by atoms with Gasteiger partial charge in [0, 0.05) is 12.0 Å². The molecule has 2 aromatic carbocycles. The van der Waals surface area contributed by atoms with Gasteiger partial charge in [0.15, 0.2) is 0 Å². The molecular weight excluding hydrogens is 440 g/mol. The van der Waals surface area contributed by atoms with Crippen LogP contribution in [0, 0.1) is 0 Å². The lowest BCUT2D eigenvalue weighted by molar-refractivity contribution is -0.137. The summed E-state index contributed by atoms with van der Waals surface area (Å²) in [5.41, 5.74) is 4.51. The van der Waals surface area contributed by atoms with Gasteiger partial charge in [0.05, 0.1) is 6.42 Å². The molecule has 8 heteroatoms. The van der Waals surface area contributed by atoms with E-state index in [1.165, 1.54) is 0 Å². The van der Waals surface area contributed by atoms with Gasteiger partial charge >= 0.3 is 12.1 Å². The Kier molecular flexibility index (Phi) is 8.77. The number of hydrogen-bond acceptors (Lipinski definition) is 5. The first kappa shape index (κ1) is 24.6. The Labute approximate surface area is 198 Å². The van der Waals surface area contributed by atoms with Crippen molar-refractivity contribution in [1.29, 1.82) is 0 Å². The summed E-state index contributed by atoms with van der Waals surface area (Å²) in [6.45, 7) is 1.97. The molecule has 0 radical (unpaired) electrons. The largest absolute Gasteiger partial charge is 0.481 e. The molecule has 0 spiro atoms. The van der Waals surface area contributed by atoms with E-state index in [9.17, 15) is 14.4 Å². The van der Waals surface area contributed by atoms with E-state index in [1.807, 2.05) is 49.6 Å². The van der Waals surface area contributed by atoms with Crippen molar-refractivity contribution in [3.8, 4) is 11.1 Å². The third-order valence-electron chi connectivity index (χ3n) is 5.82. The van der Waals surface area contributed by atoms with Crippen molar-refractivity contribution in [2.45, 2.75) is 44.2 Å². The van der Waals surface area contributed by atoms with E-state index in [2.05, 4.69) is 22.8 Å². The van der Waals surface area contributed by atoms with Gasteiger partial charge in [-0.05, 0) is 47.1 Å². The highest BCUT2D eigenvalue weighted by molar-refractivity contribution is 7.98. The van der Waals surface area contributed by atoms with Crippen LogP contribution in [0.15, 0.2) is 48.5 Å². The number of carboxylic acid groups (broad SMARTS) is 1. The number of amides is 2. The normalized spacial score (nSPS) is 14.0. The summed E-state index contributed by atoms with van der Waals surface area (Å²) >= 11 is 1.56. The van der Waals surface area contributed by atoms with Gasteiger partial charge in [0.2, 0.25) is 5.91 Å². The van der Waals surface area contributed by atoms with Crippen LogP contribution in [0.5, 0.6) is 0 Å². The number of ether oxygens (including phenoxy) is 1. The van der Waals surface area contributed by atoms with Gasteiger partial charge in [-0.3, -0.25) is 9.59 Å². The maximum Gasteiger partial charge on any atom is 0.407 e. The summed E-state index contributed by atoms with van der Waals surface area (Å²) in [5, 5.41) is 14.4. The van der Waals surface area contributed by atoms with Gasteiger partial charge in [-0.15, -0.1) is 0 Å². The number of rotatable bonds is 11. The first-order chi connectivity index (χ1) is 15.9. The number of hydrogen-bond donors (Lipinski definition) is 3. The standard InChI is InChI=1S/C25H30N2O5S/c1-3-16(14-23(28)29)26-24(30)22(12-13-33-2)27-25(31)32-15-21-19-10-6-4-8-17(19)18-9-5-7-11-20(18)21/h4-11,16,21-22H,3,12-15H2,1-2H3,(H,26,30)(H,27,31)(H,28,29)/t16-,22+/m1/s1. The van der Waals surface area contributed by atoms with Crippen molar-refractivity contribution in [3.05, 3.63) is 59.7 Å². The van der Waals surface area contributed by atoms with Crippen molar-refractivity contribution in [3.63, 3.8) is 0 Å². The smallest absolute Gasteiger partial charge is 0.407 e. The van der Waals surface area contributed by atoms with Crippen molar-refractivity contribution in [1.82, 2.24) is 10.6 Å². The van der Waals surface area contributed by atoms with Gasteiger partial charge in [0.25, 0.3) is 0 Å². The lowest BCUT2D eigenvalue weighted by Crippen LogP contribution is -2.50. The topological polar surface area (TPSA) is 105 Å². The first-order valence-electron chi connectivity index (χ1n) is 11.1. The van der Waals surface area contributed by atoms with Gasteiger partial charge in [-0.25, -0.2) is 4.79 Å². The van der Waals surface area contributed by atoms with Crippen LogP contribution >= 0.6 is 11.8 Å². The second-order valence-corrected chi connectivity index (χ2v) is 9.00. The van der Waals surface area contributed by atoms with Gasteiger partial charge in [-0.2, -0.15) is 11.8 Å². The molecule has 2 amide bonds. The number of aliphatic carboxylic acids is 1. The third kappa shape index (κ3) is 6.28. The van der Waals surface area contributed by atoms with Gasteiger partial charge in [-0.1, -0.05) is 55.5 Å². The molecule has 1 aliphatic rings. The molecule has 0 fully saturated rings. The van der Waals surface area contributed by atoms with E-state index < -0.39 is 30.1 Å². The van der Waals surface area contributed by atoms with Crippen LogP contribution < -0.4 is 10.6 Å². The quantitative estimate of drug-likeness (QED) is 0.458. The number of carboxylic acids is 1. The second-order valence-electron chi connectivity index (χ2n) is 8.02. The second kappa shape index (κ2) is 11.7. The summed E-state index contributed by atoms with van der Waals surface area (Å²) in [6, 6.07) is 14.9. The number of benzene rings is 2. The highest BCUT2D eigenvalue weighted by atomic mass is 32.2. The molecule has 1 aliphatic carbocycles. The highest BCUT2D eigenvalue weighted by Gasteiger charge is 2.30. The van der Waals surface area contributed by atoms with E-state index >= 15 is 0 Å². The van der Waals surface area contributed by atoms with E-state index in [-0.39, 0.29) is 18.9 Å². The van der Waals surface area contributed by atoms with Crippen molar-refractivity contribution in [2.75, 3.05) is 18.6 Å². The fourth-order valence-electron chi connectivity index (χ4n) is 4.10. The molecule has 0 saturated carbocycles. The van der Waals surface area contributed by atoms with Gasteiger partial charge in [0.1, 0.15) is 12.6 Å². The maximum atomic E-state index is 12.7. The molecule has 7 nitrogen and oxygen atoms in total. The van der Waals surface area contributed by atoms with Crippen LogP contribution in [0.1, 0.15) is 43.2 Å². The molecule has 0 aromatic heterocycles. The summed E-state index contributed by atoms with van der Waals surface area (Å²) in [5.74, 6) is -0.781. The Hall–Kier alpha value is -3.00. The minimum atomic E-state index is -0.979. The summed E-state index contributed by atoms with van der Waals surface area (Å²) in [7, 11) is 0. The summed E-state index contributed by atoms with van der Waals surface area (Å²) < 4.78 is 5.57. The fraction of sp³-hybridized carbons (Fsp3) is 0.400. The van der Waals surface area contributed by atoms with Crippen molar-refractivity contribution in [2.24, 2.45) is 0 Å².